The smallest absolute Gasteiger partial charge is 0.325 e. The summed E-state index contributed by atoms with van der Waals surface area (Å²) in [6.07, 6.45) is 0.733. The lowest BCUT2D eigenvalue weighted by Crippen LogP contribution is -2.31. The molecule has 0 aliphatic carbocycles. The van der Waals surface area contributed by atoms with Gasteiger partial charge in [-0.25, -0.2) is 0 Å². The number of amides is 2. The van der Waals surface area contributed by atoms with Crippen LogP contribution < -0.4 is 10.6 Å². The zero-order chi connectivity index (χ0) is 17.9. The van der Waals surface area contributed by atoms with E-state index in [0.717, 1.165) is 5.56 Å². The molecule has 132 valence electrons. The highest BCUT2D eigenvalue weighted by Gasteiger charge is 2.08. The Balaban J connectivity index is 1.53. The standard InChI is InChI=1S/C18H20N2O4S/c21-16(7-4-9-19-18(23)15-8-10-25-13-15)20-11-17(22)24-12-14-5-2-1-3-6-14/h1-3,5-6,8,10,13H,4,7,9,11-12H2,(H,19,23)(H,20,21). The predicted molar refractivity (Wildman–Crippen MR) is 95.1 cm³/mol. The summed E-state index contributed by atoms with van der Waals surface area (Å²) in [5.41, 5.74) is 1.51. The quantitative estimate of drug-likeness (QED) is 0.530. The lowest BCUT2D eigenvalue weighted by Gasteiger charge is -2.07. The minimum Gasteiger partial charge on any atom is -0.460 e. The molecule has 0 spiro atoms. The van der Waals surface area contributed by atoms with Crippen molar-refractivity contribution >= 4 is 29.1 Å². The summed E-state index contributed by atoms with van der Waals surface area (Å²) < 4.78 is 5.07. The molecule has 2 aromatic rings. The Bertz CT molecular complexity index is 686. The van der Waals surface area contributed by atoms with Gasteiger partial charge in [-0.3, -0.25) is 14.4 Å². The number of esters is 1. The number of rotatable bonds is 9. The van der Waals surface area contributed by atoms with Crippen LogP contribution >= 0.6 is 11.3 Å². The average molecular weight is 360 g/mol. The Morgan fingerprint density at radius 1 is 1.04 bits per heavy atom. The first kappa shape index (κ1) is 18.7. The first-order chi connectivity index (χ1) is 12.1. The molecular weight excluding hydrogens is 340 g/mol. The summed E-state index contributed by atoms with van der Waals surface area (Å²) >= 11 is 1.46. The van der Waals surface area contributed by atoms with Crippen LogP contribution in [0.1, 0.15) is 28.8 Å². The maximum atomic E-state index is 11.7. The van der Waals surface area contributed by atoms with Gasteiger partial charge < -0.3 is 15.4 Å². The first-order valence-corrected chi connectivity index (χ1v) is 8.86. The van der Waals surface area contributed by atoms with Gasteiger partial charge in [-0.15, -0.1) is 0 Å². The van der Waals surface area contributed by atoms with E-state index in [2.05, 4.69) is 10.6 Å². The predicted octanol–water partition coefficient (Wildman–Crippen LogP) is 2.12. The van der Waals surface area contributed by atoms with Gasteiger partial charge >= 0.3 is 5.97 Å². The topological polar surface area (TPSA) is 84.5 Å². The van der Waals surface area contributed by atoms with Crippen molar-refractivity contribution in [2.75, 3.05) is 13.1 Å². The lowest BCUT2D eigenvalue weighted by molar-refractivity contribution is -0.145. The van der Waals surface area contributed by atoms with Gasteiger partial charge in [-0.05, 0) is 23.4 Å². The van der Waals surface area contributed by atoms with Crippen molar-refractivity contribution < 1.29 is 19.1 Å². The summed E-state index contributed by atoms with van der Waals surface area (Å²) in [5, 5.41) is 8.85. The number of hydrogen-bond acceptors (Lipinski definition) is 5. The molecule has 1 heterocycles. The largest absolute Gasteiger partial charge is 0.460 e. The monoisotopic (exact) mass is 360 g/mol. The summed E-state index contributed by atoms with van der Waals surface area (Å²) in [5.74, 6) is -0.879. The number of nitrogens with one attached hydrogen (secondary N) is 2. The fourth-order valence-corrected chi connectivity index (χ4v) is 2.63. The van der Waals surface area contributed by atoms with Gasteiger partial charge in [-0.2, -0.15) is 11.3 Å². The molecule has 0 radical (unpaired) electrons. The average Bonchev–Trinajstić information content (AvgIpc) is 3.17. The van der Waals surface area contributed by atoms with E-state index < -0.39 is 5.97 Å². The van der Waals surface area contributed by atoms with Crippen LogP contribution in [0.3, 0.4) is 0 Å². The molecule has 7 heteroatoms. The summed E-state index contributed by atoms with van der Waals surface area (Å²) in [6.45, 7) is 0.428. The Hall–Kier alpha value is -2.67. The Kier molecular flexibility index (Phi) is 7.65. The van der Waals surface area contributed by atoms with Crippen LogP contribution in [0.2, 0.25) is 0 Å². The van der Waals surface area contributed by atoms with Gasteiger partial charge in [0, 0.05) is 23.9 Å². The molecule has 0 fully saturated rings. The van der Waals surface area contributed by atoms with E-state index in [9.17, 15) is 14.4 Å². The van der Waals surface area contributed by atoms with Crippen molar-refractivity contribution in [2.24, 2.45) is 0 Å². The normalized spacial score (nSPS) is 10.1. The fraction of sp³-hybridized carbons (Fsp3) is 0.278. The molecule has 0 aliphatic rings. The van der Waals surface area contributed by atoms with E-state index in [4.69, 9.17) is 4.74 Å². The van der Waals surface area contributed by atoms with Gasteiger partial charge in [0.05, 0.1) is 0 Å². The zero-order valence-electron chi connectivity index (χ0n) is 13.7. The summed E-state index contributed by atoms with van der Waals surface area (Å²) in [7, 11) is 0. The third-order valence-electron chi connectivity index (χ3n) is 3.32. The van der Waals surface area contributed by atoms with Crippen molar-refractivity contribution in [1.82, 2.24) is 10.6 Å². The Morgan fingerprint density at radius 3 is 2.56 bits per heavy atom. The summed E-state index contributed by atoms with van der Waals surface area (Å²) in [4.78, 5) is 34.9. The number of hydrogen-bond donors (Lipinski definition) is 2. The minimum absolute atomic E-state index is 0.147. The highest BCUT2D eigenvalue weighted by molar-refractivity contribution is 7.08. The third-order valence-corrected chi connectivity index (χ3v) is 4.01. The SMILES string of the molecule is O=C(CCCNC(=O)c1ccsc1)NCC(=O)OCc1ccccc1. The van der Waals surface area contributed by atoms with Crippen molar-refractivity contribution in [3.63, 3.8) is 0 Å². The van der Waals surface area contributed by atoms with Crippen LogP contribution in [-0.2, 0) is 20.9 Å². The van der Waals surface area contributed by atoms with Crippen molar-refractivity contribution in [1.29, 1.82) is 0 Å². The molecule has 25 heavy (non-hydrogen) atoms. The number of ether oxygens (including phenoxy) is 1. The van der Waals surface area contributed by atoms with E-state index in [1.807, 2.05) is 35.7 Å². The molecule has 0 aliphatic heterocycles. The maximum absolute atomic E-state index is 11.7. The molecule has 6 nitrogen and oxygen atoms in total. The van der Waals surface area contributed by atoms with Gasteiger partial charge in [0.15, 0.2) is 0 Å². The Morgan fingerprint density at radius 2 is 1.84 bits per heavy atom. The zero-order valence-corrected chi connectivity index (χ0v) is 14.5. The molecule has 0 bridgehead atoms. The van der Waals surface area contributed by atoms with Crippen molar-refractivity contribution in [2.45, 2.75) is 19.4 Å². The molecule has 0 atom stereocenters. The van der Waals surface area contributed by atoms with Crippen LogP contribution in [0.4, 0.5) is 0 Å². The van der Waals surface area contributed by atoms with Crippen LogP contribution in [0.25, 0.3) is 0 Å². The van der Waals surface area contributed by atoms with Crippen LogP contribution in [0, 0.1) is 0 Å². The molecule has 0 saturated carbocycles. The van der Waals surface area contributed by atoms with Gasteiger partial charge in [0.1, 0.15) is 13.2 Å². The highest BCUT2D eigenvalue weighted by Crippen LogP contribution is 2.05. The van der Waals surface area contributed by atoms with Crippen molar-refractivity contribution in [3.05, 3.63) is 58.3 Å². The molecule has 2 amide bonds. The van der Waals surface area contributed by atoms with E-state index >= 15 is 0 Å². The van der Waals surface area contributed by atoms with Crippen LogP contribution in [0.5, 0.6) is 0 Å². The van der Waals surface area contributed by atoms with Crippen molar-refractivity contribution in [3.8, 4) is 0 Å². The van der Waals surface area contributed by atoms with Crippen LogP contribution in [0.15, 0.2) is 47.2 Å². The molecule has 0 saturated heterocycles. The number of carbonyl (C=O) groups excluding carboxylic acids is 3. The fourth-order valence-electron chi connectivity index (χ4n) is 1.99. The molecule has 1 aromatic heterocycles. The maximum Gasteiger partial charge on any atom is 0.325 e. The Labute approximate surface area is 150 Å². The molecule has 0 unspecified atom stereocenters. The van der Waals surface area contributed by atoms with E-state index in [0.29, 0.717) is 18.5 Å². The second kappa shape index (κ2) is 10.2. The molecule has 2 N–H and O–H groups in total. The van der Waals surface area contributed by atoms with E-state index in [1.165, 1.54) is 11.3 Å². The number of thiophene rings is 1. The van der Waals surface area contributed by atoms with Gasteiger partial charge in [0.25, 0.3) is 5.91 Å². The van der Waals surface area contributed by atoms with Gasteiger partial charge in [-0.1, -0.05) is 30.3 Å². The summed E-state index contributed by atoms with van der Waals surface area (Å²) in [6, 6.07) is 11.1. The van der Waals surface area contributed by atoms with Gasteiger partial charge in [0.2, 0.25) is 5.91 Å². The first-order valence-electron chi connectivity index (χ1n) is 7.92. The lowest BCUT2D eigenvalue weighted by atomic mass is 10.2. The molecule has 2 rings (SSSR count). The minimum atomic E-state index is -0.483. The van der Waals surface area contributed by atoms with Crippen LogP contribution in [-0.4, -0.2) is 30.9 Å². The second-order valence-corrected chi connectivity index (χ2v) is 6.07. The number of benzene rings is 1. The third kappa shape index (κ3) is 7.17. The number of carbonyl (C=O) groups is 3. The van der Waals surface area contributed by atoms with E-state index in [1.54, 1.807) is 11.4 Å². The van der Waals surface area contributed by atoms with E-state index in [-0.39, 0.29) is 31.4 Å². The molecular formula is C18H20N2O4S. The molecule has 1 aromatic carbocycles. The highest BCUT2D eigenvalue weighted by atomic mass is 32.1. The second-order valence-electron chi connectivity index (χ2n) is 5.29.